The van der Waals surface area contributed by atoms with E-state index in [1.165, 1.54) is 11.1 Å². The molecule has 2 rings (SSSR count). The highest BCUT2D eigenvalue weighted by molar-refractivity contribution is 5.91. The number of benzene rings is 1. The zero-order valence-electron chi connectivity index (χ0n) is 8.80. The molecule has 1 aliphatic rings. The lowest BCUT2D eigenvalue weighted by atomic mass is 10.2. The Hall–Kier alpha value is -1.81. The number of hydrogen-bond acceptors (Lipinski definition) is 3. The molecule has 0 spiro atoms. The molecular formula is C12H13NO3. The summed E-state index contributed by atoms with van der Waals surface area (Å²) in [6, 6.07) is 6.64. The van der Waals surface area contributed by atoms with Gasteiger partial charge in [-0.1, -0.05) is 12.1 Å². The number of phenols is 1. The van der Waals surface area contributed by atoms with Crippen LogP contribution in [0.2, 0.25) is 0 Å². The summed E-state index contributed by atoms with van der Waals surface area (Å²) in [6.45, 7) is 1.26. The van der Waals surface area contributed by atoms with Gasteiger partial charge in [0.1, 0.15) is 5.75 Å². The lowest BCUT2D eigenvalue weighted by Gasteiger charge is -2.10. The average Bonchev–Trinajstić information content (AvgIpc) is 2.81. The van der Waals surface area contributed by atoms with Crippen LogP contribution in [0.1, 0.15) is 12.0 Å². The monoisotopic (exact) mass is 219 g/mol. The third kappa shape index (κ3) is 2.61. The molecular weight excluding hydrogens is 206 g/mol. The number of phenolic OH excluding ortho intramolecular Hbond substituents is 1. The molecule has 1 aromatic rings. The van der Waals surface area contributed by atoms with Crippen LogP contribution in [0.5, 0.6) is 5.75 Å². The third-order valence-corrected chi connectivity index (χ3v) is 2.31. The van der Waals surface area contributed by atoms with Gasteiger partial charge in [-0.15, -0.1) is 0 Å². The van der Waals surface area contributed by atoms with Crippen LogP contribution < -0.4 is 0 Å². The van der Waals surface area contributed by atoms with Gasteiger partial charge < -0.3 is 5.11 Å². The van der Waals surface area contributed by atoms with E-state index in [2.05, 4.69) is 0 Å². The van der Waals surface area contributed by atoms with Crippen molar-refractivity contribution in [3.05, 3.63) is 35.9 Å². The molecule has 0 unspecified atom stereocenters. The summed E-state index contributed by atoms with van der Waals surface area (Å²) in [7, 11) is 0. The molecule has 84 valence electrons. The van der Waals surface area contributed by atoms with E-state index >= 15 is 0 Å². The van der Waals surface area contributed by atoms with Crippen LogP contribution in [0.4, 0.5) is 0 Å². The number of hydrogen-bond donors (Lipinski definition) is 1. The summed E-state index contributed by atoms with van der Waals surface area (Å²) in [5.74, 6) is 0.0666. The summed E-state index contributed by atoms with van der Waals surface area (Å²) in [5.41, 5.74) is 0.866. The van der Waals surface area contributed by atoms with Crippen molar-refractivity contribution in [3.8, 4) is 5.75 Å². The summed E-state index contributed by atoms with van der Waals surface area (Å²) in [4.78, 5) is 16.7. The standard InChI is InChI=1S/C12H13NO3/c14-11-5-2-10(3-6-11)4-7-12(15)13-8-1-9-16-13/h2-7,14H,1,8-9H2/b7-4+. The first kappa shape index (κ1) is 10.7. The Morgan fingerprint density at radius 3 is 2.75 bits per heavy atom. The minimum Gasteiger partial charge on any atom is -0.508 e. The number of aromatic hydroxyl groups is 1. The van der Waals surface area contributed by atoms with E-state index in [1.54, 1.807) is 30.3 Å². The Morgan fingerprint density at radius 2 is 2.12 bits per heavy atom. The lowest BCUT2D eigenvalue weighted by molar-refractivity contribution is -0.162. The maximum Gasteiger partial charge on any atom is 0.270 e. The Balaban J connectivity index is 1.97. The topological polar surface area (TPSA) is 49.8 Å². The molecule has 0 atom stereocenters. The maximum atomic E-state index is 11.6. The molecule has 1 heterocycles. The van der Waals surface area contributed by atoms with E-state index in [-0.39, 0.29) is 11.7 Å². The van der Waals surface area contributed by atoms with Crippen molar-refractivity contribution in [1.29, 1.82) is 0 Å². The van der Waals surface area contributed by atoms with Crippen molar-refractivity contribution < 1.29 is 14.7 Å². The van der Waals surface area contributed by atoms with Gasteiger partial charge in [0.2, 0.25) is 0 Å². The molecule has 1 fully saturated rings. The van der Waals surface area contributed by atoms with E-state index in [0.717, 1.165) is 12.0 Å². The van der Waals surface area contributed by atoms with Crippen molar-refractivity contribution in [2.45, 2.75) is 6.42 Å². The predicted octanol–water partition coefficient (Wildman–Crippen LogP) is 1.57. The molecule has 0 aliphatic carbocycles. The van der Waals surface area contributed by atoms with Gasteiger partial charge in [0.05, 0.1) is 13.2 Å². The normalized spacial score (nSPS) is 15.9. The van der Waals surface area contributed by atoms with Crippen molar-refractivity contribution in [2.75, 3.05) is 13.2 Å². The molecule has 1 aliphatic heterocycles. The lowest BCUT2D eigenvalue weighted by Crippen LogP contribution is -2.24. The Morgan fingerprint density at radius 1 is 1.38 bits per heavy atom. The number of rotatable bonds is 2. The van der Waals surface area contributed by atoms with Crippen molar-refractivity contribution >= 4 is 12.0 Å². The van der Waals surface area contributed by atoms with Crippen LogP contribution in [0.3, 0.4) is 0 Å². The SMILES string of the molecule is O=C(/C=C/c1ccc(O)cc1)N1CCCO1. The van der Waals surface area contributed by atoms with Crippen LogP contribution in [0.25, 0.3) is 6.08 Å². The Labute approximate surface area is 93.7 Å². The highest BCUT2D eigenvalue weighted by Crippen LogP contribution is 2.11. The molecule has 0 saturated carbocycles. The minimum absolute atomic E-state index is 0.148. The first-order valence-electron chi connectivity index (χ1n) is 5.17. The quantitative estimate of drug-likeness (QED) is 0.768. The highest BCUT2D eigenvalue weighted by Gasteiger charge is 2.16. The number of carbonyl (C=O) groups is 1. The fourth-order valence-electron chi connectivity index (χ4n) is 1.46. The third-order valence-electron chi connectivity index (χ3n) is 2.31. The summed E-state index contributed by atoms with van der Waals surface area (Å²) < 4.78 is 0. The molecule has 0 aromatic heterocycles. The van der Waals surface area contributed by atoms with Gasteiger partial charge in [0.15, 0.2) is 0 Å². The van der Waals surface area contributed by atoms with E-state index in [0.29, 0.717) is 13.2 Å². The largest absolute Gasteiger partial charge is 0.508 e. The van der Waals surface area contributed by atoms with Crippen LogP contribution in [0.15, 0.2) is 30.3 Å². The molecule has 1 saturated heterocycles. The maximum absolute atomic E-state index is 11.6. The van der Waals surface area contributed by atoms with Gasteiger partial charge in [-0.25, -0.2) is 5.06 Å². The van der Waals surface area contributed by atoms with Gasteiger partial charge >= 0.3 is 0 Å². The summed E-state index contributed by atoms with van der Waals surface area (Å²) in [6.07, 6.45) is 4.06. The summed E-state index contributed by atoms with van der Waals surface area (Å²) >= 11 is 0. The summed E-state index contributed by atoms with van der Waals surface area (Å²) in [5, 5.41) is 10.4. The van der Waals surface area contributed by atoms with Crippen molar-refractivity contribution in [3.63, 3.8) is 0 Å². The first-order chi connectivity index (χ1) is 7.75. The number of nitrogens with zero attached hydrogens (tertiary/aromatic N) is 1. The van der Waals surface area contributed by atoms with Crippen molar-refractivity contribution in [2.24, 2.45) is 0 Å². The molecule has 1 amide bonds. The molecule has 1 N–H and O–H groups in total. The molecule has 0 radical (unpaired) electrons. The fraction of sp³-hybridized carbons (Fsp3) is 0.250. The second-order valence-corrected chi connectivity index (χ2v) is 3.55. The molecule has 4 heteroatoms. The van der Waals surface area contributed by atoms with Gasteiger partial charge in [-0.3, -0.25) is 9.63 Å². The smallest absolute Gasteiger partial charge is 0.270 e. The zero-order valence-corrected chi connectivity index (χ0v) is 8.80. The minimum atomic E-state index is -0.148. The zero-order chi connectivity index (χ0) is 11.4. The number of amides is 1. The van der Waals surface area contributed by atoms with Crippen LogP contribution >= 0.6 is 0 Å². The molecule has 0 bridgehead atoms. The van der Waals surface area contributed by atoms with E-state index in [1.807, 2.05) is 0 Å². The number of carbonyl (C=O) groups excluding carboxylic acids is 1. The highest BCUT2D eigenvalue weighted by atomic mass is 16.7. The second kappa shape index (κ2) is 4.81. The Bertz CT molecular complexity index is 391. The average molecular weight is 219 g/mol. The van der Waals surface area contributed by atoms with E-state index in [9.17, 15) is 4.79 Å². The number of hydroxylamine groups is 2. The van der Waals surface area contributed by atoms with Gasteiger partial charge in [-0.2, -0.15) is 0 Å². The van der Waals surface area contributed by atoms with E-state index < -0.39 is 0 Å². The van der Waals surface area contributed by atoms with Crippen LogP contribution in [-0.2, 0) is 9.63 Å². The predicted molar refractivity (Wildman–Crippen MR) is 59.4 cm³/mol. The molecule has 16 heavy (non-hydrogen) atoms. The second-order valence-electron chi connectivity index (χ2n) is 3.55. The van der Waals surface area contributed by atoms with Gasteiger partial charge in [-0.05, 0) is 30.2 Å². The van der Waals surface area contributed by atoms with E-state index in [4.69, 9.17) is 9.94 Å². The van der Waals surface area contributed by atoms with Gasteiger partial charge in [0.25, 0.3) is 5.91 Å². The van der Waals surface area contributed by atoms with Crippen LogP contribution in [0, 0.1) is 0 Å². The fourth-order valence-corrected chi connectivity index (χ4v) is 1.46. The van der Waals surface area contributed by atoms with Crippen LogP contribution in [-0.4, -0.2) is 29.2 Å². The molecule has 4 nitrogen and oxygen atoms in total. The van der Waals surface area contributed by atoms with Gasteiger partial charge in [0, 0.05) is 6.08 Å². The molecule has 1 aromatic carbocycles. The van der Waals surface area contributed by atoms with Crippen molar-refractivity contribution in [1.82, 2.24) is 5.06 Å². The first-order valence-corrected chi connectivity index (χ1v) is 5.17. The Kier molecular flexibility index (Phi) is 3.22.